The summed E-state index contributed by atoms with van der Waals surface area (Å²) in [6.07, 6.45) is 2.26. The summed E-state index contributed by atoms with van der Waals surface area (Å²) in [4.78, 5) is 0. The molecule has 0 amide bonds. The molecule has 0 spiro atoms. The van der Waals surface area contributed by atoms with E-state index >= 15 is 0 Å². The standard InChI is InChI=1S/C13H17N5O/c1-2-6-12(7-3-1)18-13(15-16-17-18)9-14-11-5-4-8-19-10-11/h1-3,6-7,11,14H,4-5,8-10H2. The van der Waals surface area contributed by atoms with Gasteiger partial charge in [-0.15, -0.1) is 5.10 Å². The van der Waals surface area contributed by atoms with Crippen molar-refractivity contribution in [3.05, 3.63) is 36.2 Å². The predicted octanol–water partition coefficient (Wildman–Crippen LogP) is 0.931. The number of benzene rings is 1. The number of hydrogen-bond donors (Lipinski definition) is 1. The van der Waals surface area contributed by atoms with E-state index in [2.05, 4.69) is 20.8 Å². The van der Waals surface area contributed by atoms with E-state index in [1.165, 1.54) is 0 Å². The van der Waals surface area contributed by atoms with E-state index in [0.29, 0.717) is 12.6 Å². The molecule has 1 atom stereocenters. The van der Waals surface area contributed by atoms with Crippen molar-refractivity contribution >= 4 is 0 Å². The summed E-state index contributed by atoms with van der Waals surface area (Å²) in [7, 11) is 0. The first-order chi connectivity index (χ1) is 9.43. The predicted molar refractivity (Wildman–Crippen MR) is 69.8 cm³/mol. The molecule has 1 aromatic carbocycles. The van der Waals surface area contributed by atoms with Crippen LogP contribution in [0.15, 0.2) is 30.3 Å². The lowest BCUT2D eigenvalue weighted by Crippen LogP contribution is -2.36. The van der Waals surface area contributed by atoms with Crippen LogP contribution < -0.4 is 5.32 Å². The Morgan fingerprint density at radius 3 is 3.00 bits per heavy atom. The van der Waals surface area contributed by atoms with Crippen molar-refractivity contribution in [3.8, 4) is 5.69 Å². The molecule has 2 heterocycles. The van der Waals surface area contributed by atoms with E-state index in [0.717, 1.165) is 37.6 Å². The van der Waals surface area contributed by atoms with Gasteiger partial charge in [-0.2, -0.15) is 4.68 Å². The van der Waals surface area contributed by atoms with Crippen molar-refractivity contribution in [2.75, 3.05) is 13.2 Å². The number of nitrogens with zero attached hydrogens (tertiary/aromatic N) is 4. The molecular weight excluding hydrogens is 242 g/mol. The molecule has 6 heteroatoms. The monoisotopic (exact) mass is 259 g/mol. The highest BCUT2D eigenvalue weighted by atomic mass is 16.5. The van der Waals surface area contributed by atoms with Crippen LogP contribution in [-0.2, 0) is 11.3 Å². The van der Waals surface area contributed by atoms with Crippen molar-refractivity contribution in [1.82, 2.24) is 25.5 Å². The van der Waals surface area contributed by atoms with Gasteiger partial charge in [0.2, 0.25) is 0 Å². The Bertz CT molecular complexity index is 507. The Labute approximate surface area is 111 Å². The van der Waals surface area contributed by atoms with Crippen LogP contribution in [0.3, 0.4) is 0 Å². The number of aromatic nitrogens is 4. The van der Waals surface area contributed by atoms with Crippen LogP contribution in [0.25, 0.3) is 5.69 Å². The molecule has 1 fully saturated rings. The van der Waals surface area contributed by atoms with Crippen molar-refractivity contribution in [3.63, 3.8) is 0 Å². The second-order valence-electron chi connectivity index (χ2n) is 4.64. The first kappa shape index (κ1) is 12.3. The van der Waals surface area contributed by atoms with Gasteiger partial charge in [-0.25, -0.2) is 0 Å². The number of tetrazole rings is 1. The summed E-state index contributed by atoms with van der Waals surface area (Å²) in [5, 5.41) is 15.3. The van der Waals surface area contributed by atoms with Crippen molar-refractivity contribution in [2.24, 2.45) is 0 Å². The molecular formula is C13H17N5O. The van der Waals surface area contributed by atoms with Gasteiger partial charge in [0.1, 0.15) is 0 Å². The summed E-state index contributed by atoms with van der Waals surface area (Å²) in [5.74, 6) is 0.816. The number of hydrogen-bond acceptors (Lipinski definition) is 5. The minimum atomic E-state index is 0.398. The van der Waals surface area contributed by atoms with Gasteiger partial charge in [0.15, 0.2) is 5.82 Å². The number of rotatable bonds is 4. The van der Waals surface area contributed by atoms with Crippen LogP contribution >= 0.6 is 0 Å². The molecule has 100 valence electrons. The summed E-state index contributed by atoms with van der Waals surface area (Å²) < 4.78 is 7.21. The molecule has 3 rings (SSSR count). The molecule has 0 saturated carbocycles. The summed E-state index contributed by atoms with van der Waals surface area (Å²) in [6.45, 7) is 2.29. The van der Waals surface area contributed by atoms with Crippen molar-refractivity contribution < 1.29 is 4.74 Å². The highest BCUT2D eigenvalue weighted by Crippen LogP contribution is 2.09. The van der Waals surface area contributed by atoms with Crippen LogP contribution in [0.5, 0.6) is 0 Å². The average Bonchev–Trinajstić information content (AvgIpc) is 2.95. The fourth-order valence-corrected chi connectivity index (χ4v) is 2.22. The Morgan fingerprint density at radius 2 is 2.21 bits per heavy atom. The van der Waals surface area contributed by atoms with Gasteiger partial charge in [-0.05, 0) is 35.4 Å². The summed E-state index contributed by atoms with van der Waals surface area (Å²) in [5.41, 5.74) is 0.976. The lowest BCUT2D eigenvalue weighted by molar-refractivity contribution is 0.0696. The molecule has 6 nitrogen and oxygen atoms in total. The molecule has 1 saturated heterocycles. The topological polar surface area (TPSA) is 64.9 Å². The summed E-state index contributed by atoms with van der Waals surface area (Å²) in [6, 6.07) is 10.3. The average molecular weight is 259 g/mol. The zero-order chi connectivity index (χ0) is 12.9. The van der Waals surface area contributed by atoms with E-state index in [1.54, 1.807) is 4.68 Å². The van der Waals surface area contributed by atoms with Crippen molar-refractivity contribution in [2.45, 2.75) is 25.4 Å². The zero-order valence-electron chi connectivity index (χ0n) is 10.7. The minimum absolute atomic E-state index is 0.398. The second kappa shape index (κ2) is 5.90. The van der Waals surface area contributed by atoms with Gasteiger partial charge in [0, 0.05) is 12.6 Å². The van der Waals surface area contributed by atoms with Gasteiger partial charge in [-0.1, -0.05) is 18.2 Å². The fraction of sp³-hybridized carbons (Fsp3) is 0.462. The van der Waals surface area contributed by atoms with Gasteiger partial charge >= 0.3 is 0 Å². The Hall–Kier alpha value is -1.79. The maximum absolute atomic E-state index is 5.45. The smallest absolute Gasteiger partial charge is 0.170 e. The fourth-order valence-electron chi connectivity index (χ4n) is 2.22. The highest BCUT2D eigenvalue weighted by molar-refractivity contribution is 5.30. The number of para-hydroxylation sites is 1. The number of nitrogens with one attached hydrogen (secondary N) is 1. The van der Waals surface area contributed by atoms with Crippen molar-refractivity contribution in [1.29, 1.82) is 0 Å². The molecule has 0 bridgehead atoms. The Morgan fingerprint density at radius 1 is 1.32 bits per heavy atom. The third-order valence-corrected chi connectivity index (χ3v) is 3.24. The number of ether oxygens (including phenoxy) is 1. The quantitative estimate of drug-likeness (QED) is 0.885. The molecule has 1 aromatic heterocycles. The molecule has 1 aliphatic heterocycles. The third kappa shape index (κ3) is 2.97. The van der Waals surface area contributed by atoms with Gasteiger partial charge in [0.25, 0.3) is 0 Å². The van der Waals surface area contributed by atoms with Crippen LogP contribution in [0.4, 0.5) is 0 Å². The first-order valence-corrected chi connectivity index (χ1v) is 6.57. The lowest BCUT2D eigenvalue weighted by Gasteiger charge is -2.22. The minimum Gasteiger partial charge on any atom is -0.380 e. The largest absolute Gasteiger partial charge is 0.380 e. The molecule has 19 heavy (non-hydrogen) atoms. The molecule has 1 N–H and O–H groups in total. The molecule has 0 radical (unpaired) electrons. The van der Waals surface area contributed by atoms with Crippen LogP contribution in [0.2, 0.25) is 0 Å². The van der Waals surface area contributed by atoms with E-state index in [9.17, 15) is 0 Å². The normalized spacial score (nSPS) is 19.5. The Balaban J connectivity index is 1.67. The molecule has 1 unspecified atom stereocenters. The maximum Gasteiger partial charge on any atom is 0.170 e. The third-order valence-electron chi connectivity index (χ3n) is 3.24. The van der Waals surface area contributed by atoms with Gasteiger partial charge in [-0.3, -0.25) is 0 Å². The molecule has 0 aliphatic carbocycles. The highest BCUT2D eigenvalue weighted by Gasteiger charge is 2.15. The van der Waals surface area contributed by atoms with Crippen LogP contribution in [0.1, 0.15) is 18.7 Å². The maximum atomic E-state index is 5.45. The summed E-state index contributed by atoms with van der Waals surface area (Å²) >= 11 is 0. The first-order valence-electron chi connectivity index (χ1n) is 6.57. The molecule has 2 aromatic rings. The SMILES string of the molecule is c1ccc(-n2nnnc2CNC2CCCOC2)cc1. The van der Waals surface area contributed by atoms with Gasteiger partial charge in [0.05, 0.1) is 18.8 Å². The van der Waals surface area contributed by atoms with E-state index in [1.807, 2.05) is 30.3 Å². The van der Waals surface area contributed by atoms with E-state index < -0.39 is 0 Å². The lowest BCUT2D eigenvalue weighted by atomic mass is 10.1. The van der Waals surface area contributed by atoms with Crippen LogP contribution in [-0.4, -0.2) is 39.5 Å². The van der Waals surface area contributed by atoms with E-state index in [4.69, 9.17) is 4.74 Å². The second-order valence-corrected chi connectivity index (χ2v) is 4.64. The molecule has 1 aliphatic rings. The van der Waals surface area contributed by atoms with Gasteiger partial charge < -0.3 is 10.1 Å². The van der Waals surface area contributed by atoms with E-state index in [-0.39, 0.29) is 0 Å². The Kier molecular flexibility index (Phi) is 3.81. The zero-order valence-corrected chi connectivity index (χ0v) is 10.7. The van der Waals surface area contributed by atoms with Crippen LogP contribution in [0, 0.1) is 0 Å².